The van der Waals surface area contributed by atoms with Crippen molar-refractivity contribution in [3.63, 3.8) is 0 Å². The maximum atomic E-state index is 12.5. The molecular formula is C37H63N3O25. The lowest BCUT2D eigenvalue weighted by Crippen LogP contribution is -2.70. The minimum absolute atomic E-state index is 0.560. The van der Waals surface area contributed by atoms with Crippen molar-refractivity contribution in [2.24, 2.45) is 0 Å². The Morgan fingerprint density at radius 3 is 1.14 bits per heavy atom. The van der Waals surface area contributed by atoms with E-state index in [1.54, 1.807) is 0 Å². The fourth-order valence-corrected chi connectivity index (χ4v) is 8.48. The van der Waals surface area contributed by atoms with Crippen LogP contribution in [0.25, 0.3) is 0 Å². The molecule has 0 aromatic heterocycles. The number of rotatable bonds is 16. The Balaban J connectivity index is 1.38. The number of ether oxygens (including phenoxy) is 9. The monoisotopic (exact) mass is 949 g/mol. The molecule has 0 aromatic carbocycles. The first-order chi connectivity index (χ1) is 30.7. The molecule has 0 bridgehead atoms. The standard InChI is InChI=1S/C37H63N3O25/c1-10-19(38-11(2)46)31(23(50)15(6-42)57-10)63-37-29(56)33(25(52)17(8-44)60-37)65-35-21(40-13(4)48)27(54)30(18(9-45)61-35)62-36-28(55)32(24(51)16(7-43)59-36)64-34-20(39-12(3)47)26(53)22(49)14(5-41)58-34/h10,14-37,41-45,49-56H,5-9H2,1-4H3,(H,38,46)(H,39,47)(H,40,48)/t10?,14?,15?,16?,17?,18?,19?,20?,21?,22-,23-,24-,25-,26+,27+,28?,29?,30-,31+,32-,33-,34-,35-,36-,37-/m0/s1. The second kappa shape index (κ2) is 23.2. The second-order valence-electron chi connectivity index (χ2n) is 16.5. The molecule has 28 nitrogen and oxygen atoms in total. The average molecular weight is 950 g/mol. The summed E-state index contributed by atoms with van der Waals surface area (Å²) in [7, 11) is 0. The largest absolute Gasteiger partial charge is 0.394 e. The van der Waals surface area contributed by atoms with Gasteiger partial charge in [-0.3, -0.25) is 14.4 Å². The second-order valence-corrected chi connectivity index (χ2v) is 16.5. The van der Waals surface area contributed by atoms with Crippen molar-refractivity contribution in [2.75, 3.05) is 33.0 Å². The van der Waals surface area contributed by atoms with Gasteiger partial charge in [0.1, 0.15) is 116 Å². The van der Waals surface area contributed by atoms with Gasteiger partial charge in [0.25, 0.3) is 0 Å². The number of aliphatic hydroxyl groups is 13. The number of nitrogens with one attached hydrogen (secondary N) is 3. The van der Waals surface area contributed by atoms with Crippen molar-refractivity contribution < 1.29 is 123 Å². The lowest BCUT2D eigenvalue weighted by Gasteiger charge is -2.50. The number of carbonyl (C=O) groups is 3. The fourth-order valence-electron chi connectivity index (χ4n) is 8.48. The molecule has 0 radical (unpaired) electrons. The molecule has 0 saturated carbocycles. The Hall–Kier alpha value is -2.47. The Labute approximate surface area is 370 Å². The van der Waals surface area contributed by atoms with Gasteiger partial charge in [-0.25, -0.2) is 0 Å². The molecule has 25 atom stereocenters. The zero-order chi connectivity index (χ0) is 48.2. The van der Waals surface area contributed by atoms with E-state index in [0.29, 0.717) is 0 Å². The van der Waals surface area contributed by atoms with Gasteiger partial charge in [-0.2, -0.15) is 0 Å². The molecule has 376 valence electrons. The molecule has 0 aliphatic carbocycles. The van der Waals surface area contributed by atoms with Gasteiger partial charge in [-0.05, 0) is 6.92 Å². The third-order valence-corrected chi connectivity index (χ3v) is 11.8. The zero-order valence-electron chi connectivity index (χ0n) is 35.7. The van der Waals surface area contributed by atoms with Gasteiger partial charge >= 0.3 is 0 Å². The van der Waals surface area contributed by atoms with E-state index in [-0.39, 0.29) is 0 Å². The summed E-state index contributed by atoms with van der Waals surface area (Å²) in [5, 5.41) is 147. The molecule has 5 fully saturated rings. The Morgan fingerprint density at radius 1 is 0.385 bits per heavy atom. The van der Waals surface area contributed by atoms with Gasteiger partial charge in [-0.15, -0.1) is 0 Å². The van der Waals surface area contributed by atoms with E-state index in [2.05, 4.69) is 16.0 Å². The van der Waals surface area contributed by atoms with Crippen LogP contribution in [0.15, 0.2) is 0 Å². The van der Waals surface area contributed by atoms with E-state index in [4.69, 9.17) is 42.6 Å². The summed E-state index contributed by atoms with van der Waals surface area (Å²) < 4.78 is 52.0. The van der Waals surface area contributed by atoms with Crippen LogP contribution >= 0.6 is 0 Å². The van der Waals surface area contributed by atoms with Crippen LogP contribution in [0.3, 0.4) is 0 Å². The topological polar surface area (TPSA) is 433 Å². The van der Waals surface area contributed by atoms with Crippen molar-refractivity contribution in [1.82, 2.24) is 16.0 Å². The molecular weight excluding hydrogens is 886 g/mol. The highest BCUT2D eigenvalue weighted by atomic mass is 16.8. The lowest BCUT2D eigenvalue weighted by molar-refractivity contribution is -0.380. The van der Waals surface area contributed by atoms with Crippen LogP contribution in [0.1, 0.15) is 27.7 Å². The predicted molar refractivity (Wildman–Crippen MR) is 205 cm³/mol. The van der Waals surface area contributed by atoms with E-state index in [9.17, 15) is 80.8 Å². The Bertz CT molecular complexity index is 1560. The summed E-state index contributed by atoms with van der Waals surface area (Å²) in [6.45, 7) is 0.439. The highest BCUT2D eigenvalue weighted by Crippen LogP contribution is 2.36. The molecule has 5 aliphatic heterocycles. The van der Waals surface area contributed by atoms with Crippen LogP contribution in [0, 0.1) is 0 Å². The van der Waals surface area contributed by atoms with E-state index < -0.39 is 204 Å². The van der Waals surface area contributed by atoms with Gasteiger partial charge < -0.3 is 125 Å². The molecule has 0 spiro atoms. The zero-order valence-corrected chi connectivity index (χ0v) is 35.7. The SMILES string of the molecule is CC(=O)NC1[C@H](O[C@@H]2C(O)[C@H](O[C@H]3C(CO)O[C@@H](O[C@@H]4C(O)[C@H](O[C@@H]5C(NC(C)=O)C(C)OC(CO)[C@@H]5O)OC(CO)[C@@H]4O)C(NC(C)=O)[C@H]3O)OC(CO)[C@@H]2O)OC(CO)[C@H](O)[C@@H]1O. The number of amides is 3. The summed E-state index contributed by atoms with van der Waals surface area (Å²) in [6, 6.07) is -4.35. The first-order valence-electron chi connectivity index (χ1n) is 20.9. The molecule has 11 unspecified atom stereocenters. The van der Waals surface area contributed by atoms with Crippen LogP contribution < -0.4 is 16.0 Å². The quantitative estimate of drug-likeness (QED) is 0.0683. The normalized spacial score (nSPS) is 47.1. The van der Waals surface area contributed by atoms with Crippen molar-refractivity contribution in [3.8, 4) is 0 Å². The molecule has 5 saturated heterocycles. The minimum Gasteiger partial charge on any atom is -0.394 e. The Kier molecular flexibility index (Phi) is 19.1. The molecule has 5 aliphatic rings. The van der Waals surface area contributed by atoms with Crippen molar-refractivity contribution in [1.29, 1.82) is 0 Å². The highest BCUT2D eigenvalue weighted by Gasteiger charge is 2.57. The average Bonchev–Trinajstić information content (AvgIpc) is 3.25. The molecule has 5 heterocycles. The molecule has 3 amide bonds. The molecule has 65 heavy (non-hydrogen) atoms. The summed E-state index contributed by atoms with van der Waals surface area (Å²) in [4.78, 5) is 36.6. The van der Waals surface area contributed by atoms with Gasteiger partial charge in [-0.1, -0.05) is 0 Å². The smallest absolute Gasteiger partial charge is 0.217 e. The Morgan fingerprint density at radius 2 is 0.708 bits per heavy atom. The van der Waals surface area contributed by atoms with E-state index in [1.807, 2.05) is 0 Å². The third kappa shape index (κ3) is 11.9. The fraction of sp³-hybridized carbons (Fsp3) is 0.919. The van der Waals surface area contributed by atoms with Gasteiger partial charge in [0.15, 0.2) is 25.2 Å². The first-order valence-corrected chi connectivity index (χ1v) is 20.9. The van der Waals surface area contributed by atoms with E-state index in [1.165, 1.54) is 13.8 Å². The van der Waals surface area contributed by atoms with Crippen LogP contribution in [0.5, 0.6) is 0 Å². The van der Waals surface area contributed by atoms with Crippen molar-refractivity contribution in [2.45, 2.75) is 181 Å². The van der Waals surface area contributed by atoms with Gasteiger partial charge in [0.2, 0.25) is 17.7 Å². The minimum atomic E-state index is -2.10. The van der Waals surface area contributed by atoms with Crippen LogP contribution in [-0.4, -0.2) is 270 Å². The van der Waals surface area contributed by atoms with Crippen LogP contribution in [0.4, 0.5) is 0 Å². The van der Waals surface area contributed by atoms with Crippen molar-refractivity contribution in [3.05, 3.63) is 0 Å². The summed E-state index contributed by atoms with van der Waals surface area (Å²) in [5.74, 6) is -2.09. The van der Waals surface area contributed by atoms with Crippen LogP contribution in [-0.2, 0) is 57.0 Å². The number of aliphatic hydroxyl groups excluding tert-OH is 13. The lowest BCUT2D eigenvalue weighted by atomic mass is 9.92. The summed E-state index contributed by atoms with van der Waals surface area (Å²) >= 11 is 0. The highest BCUT2D eigenvalue weighted by molar-refractivity contribution is 5.74. The van der Waals surface area contributed by atoms with E-state index >= 15 is 0 Å². The van der Waals surface area contributed by atoms with Crippen LogP contribution in [0.2, 0.25) is 0 Å². The third-order valence-electron chi connectivity index (χ3n) is 11.8. The van der Waals surface area contributed by atoms with E-state index in [0.717, 1.165) is 13.8 Å². The van der Waals surface area contributed by atoms with Gasteiger partial charge in [0.05, 0.1) is 45.2 Å². The first kappa shape index (κ1) is 53.5. The maximum Gasteiger partial charge on any atom is 0.217 e. The van der Waals surface area contributed by atoms with Gasteiger partial charge in [0, 0.05) is 20.8 Å². The molecule has 5 rings (SSSR count). The van der Waals surface area contributed by atoms with Crippen molar-refractivity contribution >= 4 is 17.7 Å². The number of hydrogen-bond donors (Lipinski definition) is 16. The molecule has 28 heteroatoms. The number of carbonyl (C=O) groups excluding carboxylic acids is 3. The molecule has 0 aromatic rings. The predicted octanol–water partition coefficient (Wildman–Crippen LogP) is -10.4. The number of hydrogen-bond acceptors (Lipinski definition) is 25. The molecule has 16 N–H and O–H groups in total. The maximum absolute atomic E-state index is 12.5. The summed E-state index contributed by atoms with van der Waals surface area (Å²) in [5.41, 5.74) is 0. The summed E-state index contributed by atoms with van der Waals surface area (Å²) in [6.07, 6.45) is -38.0.